The van der Waals surface area contributed by atoms with Gasteiger partial charge in [0, 0.05) is 18.7 Å². The topological polar surface area (TPSA) is 49.8 Å². The summed E-state index contributed by atoms with van der Waals surface area (Å²) in [6, 6.07) is 7.69. The van der Waals surface area contributed by atoms with Crippen molar-refractivity contribution in [1.29, 1.82) is 0 Å². The fourth-order valence-electron chi connectivity index (χ4n) is 2.01. The Kier molecular flexibility index (Phi) is 4.44. The van der Waals surface area contributed by atoms with Crippen LogP contribution in [0, 0.1) is 0 Å². The second kappa shape index (κ2) is 5.81. The van der Waals surface area contributed by atoms with E-state index in [9.17, 15) is 9.90 Å². The van der Waals surface area contributed by atoms with Crippen molar-refractivity contribution in [3.05, 3.63) is 24.3 Å². The molecule has 4 nitrogen and oxygen atoms in total. The molecule has 0 saturated carbocycles. The summed E-state index contributed by atoms with van der Waals surface area (Å²) in [5.41, 5.74) is 0.210. The molecule has 1 aliphatic heterocycles. The fourth-order valence-corrected chi connectivity index (χ4v) is 2.01. The quantitative estimate of drug-likeness (QED) is 0.838. The van der Waals surface area contributed by atoms with Gasteiger partial charge >= 0.3 is 7.48 Å². The summed E-state index contributed by atoms with van der Waals surface area (Å²) in [5, 5.41) is 10.1. The SMILES string of the molecule is CC(C)(O)C(C)(C)O[B]c1ccc(N2CCCC2=O)cc1. The highest BCUT2D eigenvalue weighted by molar-refractivity contribution is 6.47. The molecule has 0 bridgehead atoms. The van der Waals surface area contributed by atoms with E-state index in [0.29, 0.717) is 6.42 Å². The molecule has 1 heterocycles. The van der Waals surface area contributed by atoms with Crippen molar-refractivity contribution in [2.75, 3.05) is 11.4 Å². The first kappa shape index (κ1) is 16.1. The number of amides is 1. The zero-order chi connectivity index (χ0) is 15.7. The lowest BCUT2D eigenvalue weighted by molar-refractivity contribution is -0.117. The maximum atomic E-state index is 11.7. The summed E-state index contributed by atoms with van der Waals surface area (Å²) < 4.78 is 5.71. The molecule has 1 aliphatic rings. The van der Waals surface area contributed by atoms with E-state index in [0.717, 1.165) is 24.1 Å². The normalized spacial score (nSPS) is 16.4. The molecule has 1 N–H and O–H groups in total. The number of hydrogen-bond acceptors (Lipinski definition) is 3. The minimum absolute atomic E-state index is 0.186. The summed E-state index contributed by atoms with van der Waals surface area (Å²) >= 11 is 0. The first-order valence-electron chi connectivity index (χ1n) is 7.34. The smallest absolute Gasteiger partial charge is 0.330 e. The third-order valence-electron chi connectivity index (χ3n) is 4.24. The number of nitrogens with zero attached hydrogens (tertiary/aromatic N) is 1. The highest BCUT2D eigenvalue weighted by Crippen LogP contribution is 2.24. The molecular weight excluding hydrogens is 265 g/mol. The Labute approximate surface area is 127 Å². The van der Waals surface area contributed by atoms with Gasteiger partial charge in [0.15, 0.2) is 0 Å². The van der Waals surface area contributed by atoms with Crippen molar-refractivity contribution < 1.29 is 14.6 Å². The Bertz CT molecular complexity index is 505. The van der Waals surface area contributed by atoms with Crippen molar-refractivity contribution >= 4 is 24.5 Å². The number of rotatable bonds is 5. The van der Waals surface area contributed by atoms with Gasteiger partial charge in [-0.3, -0.25) is 4.79 Å². The third kappa shape index (κ3) is 3.66. The molecule has 21 heavy (non-hydrogen) atoms. The molecule has 0 aliphatic carbocycles. The Balaban J connectivity index is 1.99. The van der Waals surface area contributed by atoms with Crippen LogP contribution in [0.5, 0.6) is 0 Å². The Morgan fingerprint density at radius 3 is 2.29 bits per heavy atom. The van der Waals surface area contributed by atoms with E-state index in [1.54, 1.807) is 21.3 Å². The predicted octanol–water partition coefficient (Wildman–Crippen LogP) is 1.62. The Hall–Kier alpha value is -1.33. The van der Waals surface area contributed by atoms with Gasteiger partial charge in [-0.2, -0.15) is 0 Å². The standard InChI is InChI=1S/C16H23BNO3/c1-15(2,20)16(3,4)21-17-12-7-9-13(10-8-12)18-11-5-6-14(18)19/h7-10,20H,5-6,11H2,1-4H3. The highest BCUT2D eigenvalue weighted by atomic mass is 16.5. The van der Waals surface area contributed by atoms with Crippen LogP contribution in [0.3, 0.4) is 0 Å². The monoisotopic (exact) mass is 288 g/mol. The second-order valence-electron chi connectivity index (χ2n) is 6.55. The van der Waals surface area contributed by atoms with Crippen molar-refractivity contribution in [2.45, 2.75) is 51.7 Å². The maximum Gasteiger partial charge on any atom is 0.330 e. The minimum atomic E-state index is -0.939. The highest BCUT2D eigenvalue weighted by Gasteiger charge is 2.35. The first-order valence-corrected chi connectivity index (χ1v) is 7.34. The lowest BCUT2D eigenvalue weighted by atomic mass is 9.82. The summed E-state index contributed by atoms with van der Waals surface area (Å²) in [6.45, 7) is 7.94. The van der Waals surface area contributed by atoms with Crippen molar-refractivity contribution in [1.82, 2.24) is 0 Å². The van der Waals surface area contributed by atoms with Gasteiger partial charge in [0.2, 0.25) is 5.91 Å². The lowest BCUT2D eigenvalue weighted by Gasteiger charge is -2.37. The minimum Gasteiger partial charge on any atom is -0.427 e. The van der Waals surface area contributed by atoms with E-state index in [1.807, 2.05) is 43.0 Å². The molecule has 1 saturated heterocycles. The van der Waals surface area contributed by atoms with E-state index in [2.05, 4.69) is 0 Å². The summed E-state index contributed by atoms with van der Waals surface area (Å²) in [5.74, 6) is 0.186. The molecule has 0 spiro atoms. The number of anilines is 1. The van der Waals surface area contributed by atoms with Crippen LogP contribution >= 0.6 is 0 Å². The molecule has 5 heteroatoms. The zero-order valence-electron chi connectivity index (χ0n) is 13.2. The predicted molar refractivity (Wildman–Crippen MR) is 84.9 cm³/mol. The molecule has 2 rings (SSSR count). The van der Waals surface area contributed by atoms with Crippen LogP contribution < -0.4 is 10.4 Å². The van der Waals surface area contributed by atoms with Gasteiger partial charge in [0.05, 0.1) is 11.2 Å². The first-order chi connectivity index (χ1) is 9.71. The zero-order valence-corrected chi connectivity index (χ0v) is 13.2. The molecule has 0 atom stereocenters. The number of aliphatic hydroxyl groups is 1. The van der Waals surface area contributed by atoms with Crippen LogP contribution in [0.25, 0.3) is 0 Å². The summed E-state index contributed by atoms with van der Waals surface area (Å²) in [4.78, 5) is 13.5. The Morgan fingerprint density at radius 2 is 1.81 bits per heavy atom. The van der Waals surface area contributed by atoms with E-state index >= 15 is 0 Å². The van der Waals surface area contributed by atoms with Crippen LogP contribution in [0.1, 0.15) is 40.5 Å². The molecular formula is C16H23BNO3. The molecule has 1 fully saturated rings. The largest absolute Gasteiger partial charge is 0.427 e. The number of carbonyl (C=O) groups is 1. The Morgan fingerprint density at radius 1 is 1.19 bits per heavy atom. The van der Waals surface area contributed by atoms with E-state index in [1.165, 1.54) is 0 Å². The van der Waals surface area contributed by atoms with Gasteiger partial charge in [-0.05, 0) is 46.2 Å². The van der Waals surface area contributed by atoms with E-state index in [-0.39, 0.29) is 5.91 Å². The summed E-state index contributed by atoms with van der Waals surface area (Å²) in [6.07, 6.45) is 1.56. The van der Waals surface area contributed by atoms with Crippen LogP contribution in [0.2, 0.25) is 0 Å². The molecule has 1 aromatic carbocycles. The van der Waals surface area contributed by atoms with E-state index < -0.39 is 11.2 Å². The molecule has 0 aromatic heterocycles. The average molecular weight is 288 g/mol. The maximum absolute atomic E-state index is 11.7. The molecule has 1 aromatic rings. The van der Waals surface area contributed by atoms with Crippen molar-refractivity contribution in [3.63, 3.8) is 0 Å². The third-order valence-corrected chi connectivity index (χ3v) is 4.24. The van der Waals surface area contributed by atoms with Crippen LogP contribution in [0.4, 0.5) is 5.69 Å². The van der Waals surface area contributed by atoms with Crippen molar-refractivity contribution in [2.24, 2.45) is 0 Å². The van der Waals surface area contributed by atoms with Crippen LogP contribution in [-0.2, 0) is 9.45 Å². The summed E-state index contributed by atoms with van der Waals surface area (Å²) in [7, 11) is 1.65. The van der Waals surface area contributed by atoms with Crippen molar-refractivity contribution in [3.8, 4) is 0 Å². The average Bonchev–Trinajstić information content (AvgIpc) is 2.82. The number of benzene rings is 1. The van der Waals surface area contributed by atoms with E-state index in [4.69, 9.17) is 4.65 Å². The van der Waals surface area contributed by atoms with Gasteiger partial charge < -0.3 is 14.7 Å². The molecule has 0 unspecified atom stereocenters. The fraction of sp³-hybridized carbons (Fsp3) is 0.562. The number of hydrogen-bond donors (Lipinski definition) is 1. The number of carbonyl (C=O) groups excluding carboxylic acids is 1. The van der Waals surface area contributed by atoms with Gasteiger partial charge in [-0.15, -0.1) is 0 Å². The van der Waals surface area contributed by atoms with Gasteiger partial charge in [-0.1, -0.05) is 17.6 Å². The molecule has 113 valence electrons. The van der Waals surface area contributed by atoms with Gasteiger partial charge in [-0.25, -0.2) is 0 Å². The molecule has 1 radical (unpaired) electrons. The van der Waals surface area contributed by atoms with Gasteiger partial charge in [0.25, 0.3) is 0 Å². The van der Waals surface area contributed by atoms with Crippen LogP contribution in [0.15, 0.2) is 24.3 Å². The van der Waals surface area contributed by atoms with Gasteiger partial charge in [0.1, 0.15) is 0 Å². The second-order valence-corrected chi connectivity index (χ2v) is 6.55. The molecule has 1 amide bonds. The lowest BCUT2D eigenvalue weighted by Crippen LogP contribution is -2.49. The van der Waals surface area contributed by atoms with Crippen LogP contribution in [-0.4, -0.2) is 36.2 Å².